The minimum absolute atomic E-state index is 0.209. The van der Waals surface area contributed by atoms with E-state index in [9.17, 15) is 19.2 Å². The Morgan fingerprint density at radius 2 is 1.81 bits per heavy atom. The Morgan fingerprint density at radius 1 is 1.02 bits per heavy atom. The number of fused-ring (bicyclic) bond motifs is 1. The fourth-order valence-electron chi connectivity index (χ4n) is 5.34. The molecule has 0 aromatic heterocycles. The molecule has 0 saturated carbocycles. The summed E-state index contributed by atoms with van der Waals surface area (Å²) >= 11 is 0. The quantitative estimate of drug-likeness (QED) is 0.274. The van der Waals surface area contributed by atoms with E-state index in [1.54, 1.807) is 24.3 Å². The minimum atomic E-state index is -0.659. The van der Waals surface area contributed by atoms with E-state index in [0.29, 0.717) is 36.6 Å². The van der Waals surface area contributed by atoms with E-state index in [0.717, 1.165) is 35.1 Å². The molecular formula is C32H35N5O5. The lowest BCUT2D eigenvalue weighted by Gasteiger charge is -2.29. The van der Waals surface area contributed by atoms with Crippen molar-refractivity contribution in [3.05, 3.63) is 94.0 Å². The molecule has 5 amide bonds. The monoisotopic (exact) mass is 569 g/mol. The van der Waals surface area contributed by atoms with Gasteiger partial charge in [-0.3, -0.25) is 19.7 Å². The predicted octanol–water partition coefficient (Wildman–Crippen LogP) is 3.76. The normalized spacial score (nSPS) is 16.2. The van der Waals surface area contributed by atoms with Crippen molar-refractivity contribution < 1.29 is 23.9 Å². The Hall–Kier alpha value is -4.70. The number of hydrogen-bond donors (Lipinski definition) is 4. The van der Waals surface area contributed by atoms with Gasteiger partial charge in [-0.15, -0.1) is 0 Å². The van der Waals surface area contributed by atoms with Crippen molar-refractivity contribution in [2.24, 2.45) is 5.73 Å². The molecule has 2 aliphatic rings. The Bertz CT molecular complexity index is 1500. The van der Waals surface area contributed by atoms with Crippen molar-refractivity contribution in [2.75, 3.05) is 5.32 Å². The second-order valence-corrected chi connectivity index (χ2v) is 10.6. The summed E-state index contributed by atoms with van der Waals surface area (Å²) in [5.74, 6) is -0.285. The number of anilines is 1. The maximum absolute atomic E-state index is 12.9. The van der Waals surface area contributed by atoms with Gasteiger partial charge in [0.1, 0.15) is 18.4 Å². The SMILES string of the molecule is CCCc1cc(CN)ccc1COc1ccc(NC(=O)NCc2ccc3c(c2)CN(C2CCC(=O)NC2=O)C3=O)cc1. The number of nitrogens with one attached hydrogen (secondary N) is 3. The van der Waals surface area contributed by atoms with Crippen molar-refractivity contribution in [1.29, 1.82) is 0 Å². The Balaban J connectivity index is 1.11. The van der Waals surface area contributed by atoms with Crippen molar-refractivity contribution in [1.82, 2.24) is 15.5 Å². The Kier molecular flexibility index (Phi) is 8.83. The molecular weight excluding hydrogens is 534 g/mol. The zero-order valence-electron chi connectivity index (χ0n) is 23.6. The standard InChI is InChI=1S/C32H35N5O5/c1-2-3-22-14-20(16-33)4-6-23(22)19-42-26-9-7-25(8-10-26)35-32(41)34-17-21-5-11-27-24(15-21)18-37(31(27)40)28-12-13-29(38)36-30(28)39/h4-11,14-15,28H,2-3,12-13,16-19,33H2,1H3,(H2,34,35,41)(H,36,38,39). The molecule has 1 saturated heterocycles. The molecule has 2 heterocycles. The highest BCUT2D eigenvalue weighted by atomic mass is 16.5. The Morgan fingerprint density at radius 3 is 2.55 bits per heavy atom. The number of amides is 5. The topological polar surface area (TPSA) is 143 Å². The summed E-state index contributed by atoms with van der Waals surface area (Å²) in [5.41, 5.74) is 12.1. The van der Waals surface area contributed by atoms with Gasteiger partial charge in [0.2, 0.25) is 11.8 Å². The lowest BCUT2D eigenvalue weighted by Crippen LogP contribution is -2.52. The summed E-state index contributed by atoms with van der Waals surface area (Å²) in [6.45, 7) is 3.66. The highest BCUT2D eigenvalue weighted by Crippen LogP contribution is 2.28. The van der Waals surface area contributed by atoms with Crippen LogP contribution in [0.5, 0.6) is 5.75 Å². The van der Waals surface area contributed by atoms with Crippen molar-refractivity contribution >= 4 is 29.4 Å². The third-order valence-electron chi connectivity index (χ3n) is 7.57. The zero-order valence-corrected chi connectivity index (χ0v) is 23.6. The largest absolute Gasteiger partial charge is 0.489 e. The molecule has 3 aromatic rings. The van der Waals surface area contributed by atoms with Crippen LogP contribution in [0.15, 0.2) is 60.7 Å². The number of ether oxygens (including phenoxy) is 1. The third-order valence-corrected chi connectivity index (χ3v) is 7.57. The summed E-state index contributed by atoms with van der Waals surface area (Å²) in [6.07, 6.45) is 2.53. The second kappa shape index (κ2) is 12.9. The van der Waals surface area contributed by atoms with Gasteiger partial charge in [0.05, 0.1) is 0 Å². The van der Waals surface area contributed by atoms with E-state index < -0.39 is 11.9 Å². The molecule has 0 radical (unpaired) electrons. The van der Waals surface area contributed by atoms with Gasteiger partial charge in [-0.25, -0.2) is 4.79 Å². The van der Waals surface area contributed by atoms with E-state index in [1.165, 1.54) is 10.5 Å². The van der Waals surface area contributed by atoms with Crippen LogP contribution in [0.4, 0.5) is 10.5 Å². The summed E-state index contributed by atoms with van der Waals surface area (Å²) in [6, 6.07) is 17.8. The molecule has 42 heavy (non-hydrogen) atoms. The van der Waals surface area contributed by atoms with Crippen LogP contribution in [-0.2, 0) is 42.3 Å². The molecule has 2 aliphatic heterocycles. The van der Waals surface area contributed by atoms with Gasteiger partial charge in [0.15, 0.2) is 0 Å². The maximum Gasteiger partial charge on any atom is 0.319 e. The number of carbonyl (C=O) groups excluding carboxylic acids is 4. The number of piperidine rings is 1. The average molecular weight is 570 g/mol. The van der Waals surface area contributed by atoms with Crippen LogP contribution < -0.4 is 26.4 Å². The predicted molar refractivity (Wildman–Crippen MR) is 157 cm³/mol. The van der Waals surface area contributed by atoms with Crippen LogP contribution in [-0.4, -0.2) is 34.7 Å². The van der Waals surface area contributed by atoms with Crippen LogP contribution in [0.1, 0.15) is 64.4 Å². The third kappa shape index (κ3) is 6.60. The Labute approximate surface area is 244 Å². The van der Waals surface area contributed by atoms with E-state index in [-0.39, 0.29) is 37.4 Å². The van der Waals surface area contributed by atoms with Gasteiger partial charge in [-0.2, -0.15) is 0 Å². The van der Waals surface area contributed by atoms with Crippen LogP contribution in [0.3, 0.4) is 0 Å². The van der Waals surface area contributed by atoms with Crippen LogP contribution in [0.2, 0.25) is 0 Å². The number of carbonyl (C=O) groups is 4. The number of rotatable bonds is 10. The fourth-order valence-corrected chi connectivity index (χ4v) is 5.34. The van der Waals surface area contributed by atoms with Gasteiger partial charge in [0, 0.05) is 37.3 Å². The summed E-state index contributed by atoms with van der Waals surface area (Å²) in [7, 11) is 0. The fraction of sp³-hybridized carbons (Fsp3) is 0.312. The second-order valence-electron chi connectivity index (χ2n) is 10.6. The van der Waals surface area contributed by atoms with Crippen molar-refractivity contribution in [2.45, 2.75) is 64.9 Å². The number of hydrogen-bond acceptors (Lipinski definition) is 6. The number of urea groups is 1. The van der Waals surface area contributed by atoms with Crippen molar-refractivity contribution in [3.8, 4) is 5.75 Å². The van der Waals surface area contributed by atoms with E-state index in [1.807, 2.05) is 24.3 Å². The van der Waals surface area contributed by atoms with Gasteiger partial charge < -0.3 is 26.0 Å². The smallest absolute Gasteiger partial charge is 0.319 e. The lowest BCUT2D eigenvalue weighted by atomic mass is 10.0. The molecule has 1 unspecified atom stereocenters. The summed E-state index contributed by atoms with van der Waals surface area (Å²) in [4.78, 5) is 50.7. The molecule has 1 fully saturated rings. The number of nitrogens with two attached hydrogens (primary N) is 1. The molecule has 0 bridgehead atoms. The number of benzene rings is 3. The molecule has 10 nitrogen and oxygen atoms in total. The minimum Gasteiger partial charge on any atom is -0.489 e. The summed E-state index contributed by atoms with van der Waals surface area (Å²) in [5, 5.41) is 7.96. The first-order valence-corrected chi connectivity index (χ1v) is 14.2. The maximum atomic E-state index is 12.9. The van der Waals surface area contributed by atoms with E-state index in [2.05, 4.69) is 35.0 Å². The first-order chi connectivity index (χ1) is 20.3. The molecule has 10 heteroatoms. The number of imide groups is 1. The lowest BCUT2D eigenvalue weighted by molar-refractivity contribution is -0.136. The van der Waals surface area contributed by atoms with E-state index >= 15 is 0 Å². The molecule has 5 rings (SSSR count). The van der Waals surface area contributed by atoms with Crippen molar-refractivity contribution in [3.63, 3.8) is 0 Å². The summed E-state index contributed by atoms with van der Waals surface area (Å²) < 4.78 is 5.99. The number of nitrogens with zero attached hydrogens (tertiary/aromatic N) is 1. The molecule has 0 spiro atoms. The molecule has 0 aliphatic carbocycles. The van der Waals surface area contributed by atoms with Gasteiger partial charge in [-0.1, -0.05) is 43.7 Å². The van der Waals surface area contributed by atoms with E-state index in [4.69, 9.17) is 10.5 Å². The zero-order chi connectivity index (χ0) is 29.6. The highest BCUT2D eigenvalue weighted by Gasteiger charge is 2.39. The molecule has 1 atom stereocenters. The number of aryl methyl sites for hydroxylation is 1. The van der Waals surface area contributed by atoms with Crippen LogP contribution >= 0.6 is 0 Å². The highest BCUT2D eigenvalue weighted by molar-refractivity contribution is 6.05. The molecule has 5 N–H and O–H groups in total. The van der Waals surface area contributed by atoms with Gasteiger partial charge in [0.25, 0.3) is 5.91 Å². The van der Waals surface area contributed by atoms with Gasteiger partial charge >= 0.3 is 6.03 Å². The first-order valence-electron chi connectivity index (χ1n) is 14.2. The average Bonchev–Trinajstić information content (AvgIpc) is 3.31. The molecule has 218 valence electrons. The molecule has 3 aromatic carbocycles. The first kappa shape index (κ1) is 28.8. The van der Waals surface area contributed by atoms with Gasteiger partial charge in [-0.05, 0) is 71.0 Å². The van der Waals surface area contributed by atoms with Crippen LogP contribution in [0, 0.1) is 0 Å². The van der Waals surface area contributed by atoms with Crippen LogP contribution in [0.25, 0.3) is 0 Å².